The largest absolute Gasteiger partial charge is 0.485 e. The van der Waals surface area contributed by atoms with Gasteiger partial charge in [-0.1, -0.05) is 6.58 Å². The first-order chi connectivity index (χ1) is 3.06. The number of hydrogen-bond donors (Lipinski definition) is 0. The lowest BCUT2D eigenvalue weighted by molar-refractivity contribution is 0.0628. The van der Waals surface area contributed by atoms with Gasteiger partial charge in [0.15, 0.2) is 6.26 Å². The minimum atomic E-state index is -0.123. The molecular weight excluding hydrogens is 88.1 g/mol. The van der Waals surface area contributed by atoms with E-state index in [1.807, 2.05) is 20.8 Å². The molecule has 0 aliphatic heterocycles. The van der Waals surface area contributed by atoms with Crippen molar-refractivity contribution in [2.24, 2.45) is 0 Å². The van der Waals surface area contributed by atoms with Gasteiger partial charge in [-0.3, -0.25) is 0 Å². The highest BCUT2D eigenvalue weighted by atomic mass is 16.5. The lowest BCUT2D eigenvalue weighted by Crippen LogP contribution is -2.15. The summed E-state index contributed by atoms with van der Waals surface area (Å²) in [6, 6.07) is 0. The quantitative estimate of drug-likeness (QED) is 0.455. The lowest BCUT2D eigenvalue weighted by atomic mass is 10.2. The van der Waals surface area contributed by atoms with E-state index < -0.39 is 0 Å². The van der Waals surface area contributed by atoms with Gasteiger partial charge in [0.25, 0.3) is 0 Å². The smallest absolute Gasteiger partial charge is 0.154 e. The van der Waals surface area contributed by atoms with Crippen LogP contribution < -0.4 is 0 Å². The van der Waals surface area contributed by atoms with Gasteiger partial charge < -0.3 is 4.74 Å². The van der Waals surface area contributed by atoms with E-state index in [1.54, 1.807) is 0 Å². The first kappa shape index (κ1) is 6.54. The molecule has 0 aliphatic rings. The Kier molecular flexibility index (Phi) is 1.88. The standard InChI is InChI=1S/C6H11O/c1-5-7-6(2,3)4/h1H2,2-4H3. The van der Waals surface area contributed by atoms with Gasteiger partial charge >= 0.3 is 0 Å². The minimum absolute atomic E-state index is 0.123. The molecule has 0 spiro atoms. The van der Waals surface area contributed by atoms with Gasteiger partial charge in [0.1, 0.15) is 5.60 Å². The molecule has 0 fully saturated rings. The van der Waals surface area contributed by atoms with Crippen molar-refractivity contribution in [1.29, 1.82) is 0 Å². The van der Waals surface area contributed by atoms with Gasteiger partial charge in [-0.2, -0.15) is 0 Å². The Balaban J connectivity index is 3.34. The fourth-order valence-corrected chi connectivity index (χ4v) is 0.217. The van der Waals surface area contributed by atoms with Crippen LogP contribution >= 0.6 is 0 Å². The zero-order valence-electron chi connectivity index (χ0n) is 5.12. The summed E-state index contributed by atoms with van der Waals surface area (Å²) in [6.45, 7) is 9.15. The molecule has 7 heavy (non-hydrogen) atoms. The SMILES string of the molecule is C=[C]OC(C)(C)C. The van der Waals surface area contributed by atoms with Crippen LogP contribution in [0.4, 0.5) is 0 Å². The maximum absolute atomic E-state index is 4.87. The van der Waals surface area contributed by atoms with Crippen LogP contribution in [0.1, 0.15) is 20.8 Å². The third-order valence-corrected chi connectivity index (χ3v) is 0.378. The average molecular weight is 99.2 g/mol. The van der Waals surface area contributed by atoms with Crippen molar-refractivity contribution in [3.05, 3.63) is 12.8 Å². The number of ether oxygens (including phenoxy) is 1. The van der Waals surface area contributed by atoms with Crippen LogP contribution in [0.15, 0.2) is 6.58 Å². The first-order valence-electron chi connectivity index (χ1n) is 2.26. The molecule has 0 unspecified atom stereocenters. The van der Waals surface area contributed by atoms with Crippen LogP contribution in [0.5, 0.6) is 0 Å². The molecule has 1 radical (unpaired) electrons. The number of rotatable bonds is 1. The number of hydrogen-bond acceptors (Lipinski definition) is 1. The fraction of sp³-hybridized carbons (Fsp3) is 0.667. The second-order valence-corrected chi connectivity index (χ2v) is 2.36. The van der Waals surface area contributed by atoms with Crippen molar-refractivity contribution in [2.75, 3.05) is 0 Å². The molecule has 0 atom stereocenters. The van der Waals surface area contributed by atoms with E-state index in [0.717, 1.165) is 0 Å². The first-order valence-corrected chi connectivity index (χ1v) is 2.26. The van der Waals surface area contributed by atoms with Gasteiger partial charge in [0, 0.05) is 0 Å². The van der Waals surface area contributed by atoms with Crippen molar-refractivity contribution in [2.45, 2.75) is 26.4 Å². The van der Waals surface area contributed by atoms with Gasteiger partial charge in [0.2, 0.25) is 0 Å². The van der Waals surface area contributed by atoms with Crippen LogP contribution in [0.3, 0.4) is 0 Å². The molecule has 0 saturated carbocycles. The lowest BCUT2D eigenvalue weighted by Gasteiger charge is -2.15. The molecule has 0 rings (SSSR count). The Morgan fingerprint density at radius 2 is 1.86 bits per heavy atom. The monoisotopic (exact) mass is 99.1 g/mol. The van der Waals surface area contributed by atoms with E-state index in [9.17, 15) is 0 Å². The average Bonchev–Trinajstić information content (AvgIpc) is 1.30. The summed E-state index contributed by atoms with van der Waals surface area (Å²) < 4.78 is 4.87. The molecule has 0 aromatic heterocycles. The molecule has 1 nitrogen and oxygen atoms in total. The van der Waals surface area contributed by atoms with Crippen LogP contribution in [0, 0.1) is 6.26 Å². The molecule has 0 amide bonds. The topological polar surface area (TPSA) is 9.23 Å². The Bertz CT molecular complexity index is 59.1. The molecule has 41 valence electrons. The zero-order valence-corrected chi connectivity index (χ0v) is 5.12. The second kappa shape index (κ2) is 2.01. The van der Waals surface area contributed by atoms with Crippen molar-refractivity contribution >= 4 is 0 Å². The van der Waals surface area contributed by atoms with Crippen LogP contribution in [0.2, 0.25) is 0 Å². The molecule has 1 heteroatoms. The van der Waals surface area contributed by atoms with Crippen LogP contribution in [-0.4, -0.2) is 5.60 Å². The second-order valence-electron chi connectivity index (χ2n) is 2.36. The Morgan fingerprint density at radius 3 is 1.86 bits per heavy atom. The Hall–Kier alpha value is -0.460. The summed E-state index contributed by atoms with van der Waals surface area (Å²) in [5.41, 5.74) is -0.123. The van der Waals surface area contributed by atoms with E-state index in [2.05, 4.69) is 12.8 Å². The van der Waals surface area contributed by atoms with E-state index in [1.165, 1.54) is 0 Å². The van der Waals surface area contributed by atoms with Gasteiger partial charge in [-0.25, -0.2) is 0 Å². The molecule has 0 aromatic rings. The van der Waals surface area contributed by atoms with Crippen molar-refractivity contribution in [3.8, 4) is 0 Å². The maximum Gasteiger partial charge on any atom is 0.154 e. The third-order valence-electron chi connectivity index (χ3n) is 0.378. The highest BCUT2D eigenvalue weighted by molar-refractivity contribution is 4.59. The van der Waals surface area contributed by atoms with E-state index >= 15 is 0 Å². The molecule has 0 bridgehead atoms. The summed E-state index contributed by atoms with van der Waals surface area (Å²) in [6.07, 6.45) is 2.36. The molecule has 0 N–H and O–H groups in total. The van der Waals surface area contributed by atoms with Crippen LogP contribution in [0.25, 0.3) is 0 Å². The zero-order chi connectivity index (χ0) is 5.91. The minimum Gasteiger partial charge on any atom is -0.485 e. The summed E-state index contributed by atoms with van der Waals surface area (Å²) >= 11 is 0. The summed E-state index contributed by atoms with van der Waals surface area (Å²) in [5, 5.41) is 0. The van der Waals surface area contributed by atoms with Crippen LogP contribution in [-0.2, 0) is 4.74 Å². The highest BCUT2D eigenvalue weighted by Gasteiger charge is 2.06. The third kappa shape index (κ3) is 5.54. The summed E-state index contributed by atoms with van der Waals surface area (Å²) in [7, 11) is 0. The fourth-order valence-electron chi connectivity index (χ4n) is 0.217. The molecule has 0 aromatic carbocycles. The highest BCUT2D eigenvalue weighted by Crippen LogP contribution is 2.04. The Morgan fingerprint density at radius 1 is 1.43 bits per heavy atom. The molecular formula is C6H11O. The molecule has 0 aliphatic carbocycles. The van der Waals surface area contributed by atoms with E-state index in [0.29, 0.717) is 0 Å². The summed E-state index contributed by atoms with van der Waals surface area (Å²) in [5.74, 6) is 0. The molecule has 0 saturated heterocycles. The van der Waals surface area contributed by atoms with Crippen molar-refractivity contribution in [3.63, 3.8) is 0 Å². The maximum atomic E-state index is 4.87. The molecule has 0 heterocycles. The van der Waals surface area contributed by atoms with Gasteiger partial charge in [0.05, 0.1) is 0 Å². The van der Waals surface area contributed by atoms with Gasteiger partial charge in [-0.15, -0.1) is 0 Å². The van der Waals surface area contributed by atoms with E-state index in [4.69, 9.17) is 4.74 Å². The van der Waals surface area contributed by atoms with Crippen molar-refractivity contribution in [1.82, 2.24) is 0 Å². The predicted octanol–water partition coefficient (Wildman–Crippen LogP) is 1.75. The van der Waals surface area contributed by atoms with Gasteiger partial charge in [-0.05, 0) is 20.8 Å². The van der Waals surface area contributed by atoms with E-state index in [-0.39, 0.29) is 5.60 Å². The Labute approximate surface area is 45.0 Å². The normalized spacial score (nSPS) is 10.7. The predicted molar refractivity (Wildman–Crippen MR) is 29.7 cm³/mol. The summed E-state index contributed by atoms with van der Waals surface area (Å²) in [4.78, 5) is 0. The van der Waals surface area contributed by atoms with Crippen molar-refractivity contribution < 1.29 is 4.74 Å².